The van der Waals surface area contributed by atoms with Crippen LogP contribution in [0.1, 0.15) is 37.4 Å². The third-order valence-electron chi connectivity index (χ3n) is 3.98. The van der Waals surface area contributed by atoms with E-state index in [9.17, 15) is 18.0 Å². The van der Waals surface area contributed by atoms with Gasteiger partial charge in [0.05, 0.1) is 17.0 Å². The molecular formula is C15H19F3N2O. The van der Waals surface area contributed by atoms with Crippen LogP contribution >= 0.6 is 0 Å². The van der Waals surface area contributed by atoms with Gasteiger partial charge in [-0.2, -0.15) is 13.2 Å². The number of amides is 1. The summed E-state index contributed by atoms with van der Waals surface area (Å²) < 4.78 is 38.1. The van der Waals surface area contributed by atoms with Crippen molar-refractivity contribution < 1.29 is 18.0 Å². The van der Waals surface area contributed by atoms with E-state index in [4.69, 9.17) is 0 Å². The van der Waals surface area contributed by atoms with Crippen LogP contribution in [0.3, 0.4) is 0 Å². The number of hydrogen-bond acceptors (Lipinski definition) is 2. The maximum Gasteiger partial charge on any atom is 0.416 e. The molecule has 0 radical (unpaired) electrons. The molecule has 21 heavy (non-hydrogen) atoms. The highest BCUT2D eigenvalue weighted by Crippen LogP contribution is 2.31. The van der Waals surface area contributed by atoms with E-state index in [1.807, 2.05) is 6.92 Å². The highest BCUT2D eigenvalue weighted by atomic mass is 19.4. The second-order valence-electron chi connectivity index (χ2n) is 5.81. The number of rotatable bonds is 3. The SMILES string of the molecule is CC(NC(=O)C1(C)CCNC1)c1cccc(C(F)(F)F)c1. The summed E-state index contributed by atoms with van der Waals surface area (Å²) in [5.74, 6) is -0.127. The van der Waals surface area contributed by atoms with Crippen molar-refractivity contribution in [2.75, 3.05) is 13.1 Å². The lowest BCUT2D eigenvalue weighted by molar-refractivity contribution is -0.137. The first-order valence-electron chi connectivity index (χ1n) is 6.91. The maximum absolute atomic E-state index is 12.7. The van der Waals surface area contributed by atoms with E-state index < -0.39 is 23.2 Å². The lowest BCUT2D eigenvalue weighted by Crippen LogP contribution is -2.41. The van der Waals surface area contributed by atoms with Crippen molar-refractivity contribution in [3.05, 3.63) is 35.4 Å². The minimum absolute atomic E-state index is 0.127. The topological polar surface area (TPSA) is 41.1 Å². The molecule has 2 unspecified atom stereocenters. The molecule has 2 atom stereocenters. The lowest BCUT2D eigenvalue weighted by atomic mass is 9.88. The molecule has 1 aromatic rings. The van der Waals surface area contributed by atoms with E-state index in [-0.39, 0.29) is 5.91 Å². The van der Waals surface area contributed by atoms with Crippen molar-refractivity contribution in [3.63, 3.8) is 0 Å². The molecule has 0 spiro atoms. The Balaban J connectivity index is 2.10. The Kier molecular flexibility index (Phi) is 4.27. The van der Waals surface area contributed by atoms with Gasteiger partial charge in [-0.25, -0.2) is 0 Å². The third-order valence-corrected chi connectivity index (χ3v) is 3.98. The first-order valence-corrected chi connectivity index (χ1v) is 6.91. The number of halogens is 3. The molecular weight excluding hydrogens is 281 g/mol. The highest BCUT2D eigenvalue weighted by molar-refractivity contribution is 5.83. The Morgan fingerprint density at radius 2 is 2.14 bits per heavy atom. The summed E-state index contributed by atoms with van der Waals surface area (Å²) >= 11 is 0. The van der Waals surface area contributed by atoms with Crippen molar-refractivity contribution in [1.82, 2.24) is 10.6 Å². The van der Waals surface area contributed by atoms with Crippen molar-refractivity contribution >= 4 is 5.91 Å². The highest BCUT2D eigenvalue weighted by Gasteiger charge is 2.37. The number of nitrogens with one attached hydrogen (secondary N) is 2. The summed E-state index contributed by atoms with van der Waals surface area (Å²) in [6, 6.07) is 4.60. The van der Waals surface area contributed by atoms with Crippen LogP contribution < -0.4 is 10.6 Å². The van der Waals surface area contributed by atoms with Crippen molar-refractivity contribution in [3.8, 4) is 0 Å². The number of carbonyl (C=O) groups excluding carboxylic acids is 1. The molecule has 0 aliphatic carbocycles. The molecule has 1 saturated heterocycles. The van der Waals surface area contributed by atoms with Gasteiger partial charge >= 0.3 is 6.18 Å². The van der Waals surface area contributed by atoms with Gasteiger partial charge in [0.2, 0.25) is 5.91 Å². The molecule has 116 valence electrons. The van der Waals surface area contributed by atoms with Crippen LogP contribution in [0.25, 0.3) is 0 Å². The average molecular weight is 300 g/mol. The van der Waals surface area contributed by atoms with Crippen LogP contribution in [0.5, 0.6) is 0 Å². The first kappa shape index (κ1) is 15.8. The van der Waals surface area contributed by atoms with Gasteiger partial charge in [-0.3, -0.25) is 4.79 Å². The van der Waals surface area contributed by atoms with Crippen molar-refractivity contribution in [2.45, 2.75) is 32.5 Å². The third kappa shape index (κ3) is 3.56. The number of carbonyl (C=O) groups is 1. The molecule has 1 aliphatic rings. The fraction of sp³-hybridized carbons (Fsp3) is 0.533. The molecule has 2 rings (SSSR count). The second-order valence-corrected chi connectivity index (χ2v) is 5.81. The minimum atomic E-state index is -4.37. The van der Waals surface area contributed by atoms with Gasteiger partial charge in [0, 0.05) is 6.54 Å². The smallest absolute Gasteiger partial charge is 0.349 e. The number of benzene rings is 1. The molecule has 1 aromatic carbocycles. The molecule has 1 heterocycles. The maximum atomic E-state index is 12.7. The fourth-order valence-electron chi connectivity index (χ4n) is 2.45. The van der Waals surface area contributed by atoms with Crippen LogP contribution in [0.2, 0.25) is 0 Å². The Bertz CT molecular complexity index is 522. The predicted octanol–water partition coefficient (Wildman–Crippen LogP) is 2.88. The van der Waals surface area contributed by atoms with Gasteiger partial charge < -0.3 is 10.6 Å². The van der Waals surface area contributed by atoms with Crippen molar-refractivity contribution in [1.29, 1.82) is 0 Å². The van der Waals surface area contributed by atoms with Gasteiger partial charge in [0.15, 0.2) is 0 Å². The zero-order chi connectivity index (χ0) is 15.7. The summed E-state index contributed by atoms with van der Waals surface area (Å²) in [5, 5.41) is 5.94. The molecule has 1 fully saturated rings. The monoisotopic (exact) mass is 300 g/mol. The van der Waals surface area contributed by atoms with E-state index >= 15 is 0 Å². The molecule has 0 saturated carbocycles. The molecule has 1 amide bonds. The number of alkyl halides is 3. The van der Waals surface area contributed by atoms with E-state index in [2.05, 4.69) is 10.6 Å². The normalized spacial score (nSPS) is 23.9. The van der Waals surface area contributed by atoms with Crippen LogP contribution in [-0.2, 0) is 11.0 Å². The molecule has 3 nitrogen and oxygen atoms in total. The van der Waals surface area contributed by atoms with Gasteiger partial charge in [-0.05, 0) is 44.5 Å². The van der Waals surface area contributed by atoms with Gasteiger partial charge in [-0.15, -0.1) is 0 Å². The van der Waals surface area contributed by atoms with Crippen LogP contribution in [0.15, 0.2) is 24.3 Å². The van der Waals surface area contributed by atoms with E-state index in [0.717, 1.165) is 25.1 Å². The van der Waals surface area contributed by atoms with Crippen LogP contribution in [0.4, 0.5) is 13.2 Å². The molecule has 2 N–H and O–H groups in total. The Morgan fingerprint density at radius 1 is 1.43 bits per heavy atom. The summed E-state index contributed by atoms with van der Waals surface area (Å²) in [4.78, 5) is 12.3. The first-order chi connectivity index (χ1) is 9.72. The summed E-state index contributed by atoms with van der Waals surface area (Å²) in [6.07, 6.45) is -3.64. The second kappa shape index (κ2) is 5.67. The van der Waals surface area contributed by atoms with E-state index in [1.54, 1.807) is 13.0 Å². The van der Waals surface area contributed by atoms with E-state index in [0.29, 0.717) is 12.1 Å². The minimum Gasteiger partial charge on any atom is -0.349 e. The predicted molar refractivity (Wildman–Crippen MR) is 73.6 cm³/mol. The zero-order valence-electron chi connectivity index (χ0n) is 12.1. The van der Waals surface area contributed by atoms with Crippen molar-refractivity contribution in [2.24, 2.45) is 5.41 Å². The van der Waals surface area contributed by atoms with Gasteiger partial charge in [0.25, 0.3) is 0 Å². The zero-order valence-corrected chi connectivity index (χ0v) is 12.1. The Hall–Kier alpha value is -1.56. The summed E-state index contributed by atoms with van der Waals surface area (Å²) in [5.41, 5.74) is -0.738. The van der Waals surface area contributed by atoms with Crippen LogP contribution in [-0.4, -0.2) is 19.0 Å². The van der Waals surface area contributed by atoms with Gasteiger partial charge in [-0.1, -0.05) is 12.1 Å². The number of hydrogen-bond donors (Lipinski definition) is 2. The van der Waals surface area contributed by atoms with E-state index in [1.165, 1.54) is 6.07 Å². The molecule has 0 aromatic heterocycles. The summed E-state index contributed by atoms with van der Waals surface area (Å²) in [6.45, 7) is 4.93. The largest absolute Gasteiger partial charge is 0.416 e. The fourth-order valence-corrected chi connectivity index (χ4v) is 2.45. The molecule has 1 aliphatic heterocycles. The standard InChI is InChI=1S/C15H19F3N2O/c1-10(20-13(21)14(2)6-7-19-9-14)11-4-3-5-12(8-11)15(16,17)18/h3-5,8,10,19H,6-7,9H2,1-2H3,(H,20,21). The lowest BCUT2D eigenvalue weighted by Gasteiger charge is -2.25. The van der Waals surface area contributed by atoms with Gasteiger partial charge in [0.1, 0.15) is 0 Å². The Morgan fingerprint density at radius 3 is 2.71 bits per heavy atom. The Labute approximate surface area is 121 Å². The average Bonchev–Trinajstić information content (AvgIpc) is 2.86. The summed E-state index contributed by atoms with van der Waals surface area (Å²) in [7, 11) is 0. The quantitative estimate of drug-likeness (QED) is 0.901. The molecule has 0 bridgehead atoms. The van der Waals surface area contributed by atoms with Crippen LogP contribution in [0, 0.1) is 5.41 Å². The molecule has 6 heteroatoms.